The average Bonchev–Trinajstić information content (AvgIpc) is 3.23. The number of benzene rings is 2. The van der Waals surface area contributed by atoms with E-state index in [4.69, 9.17) is 13.9 Å². The number of hydrogen-bond donors (Lipinski definition) is 0. The average molecular weight is 405 g/mol. The Hall–Kier alpha value is -3.94. The van der Waals surface area contributed by atoms with Crippen molar-refractivity contribution >= 4 is 17.3 Å². The van der Waals surface area contributed by atoms with Crippen LogP contribution in [0.2, 0.25) is 0 Å². The summed E-state index contributed by atoms with van der Waals surface area (Å²) >= 11 is 0. The predicted molar refractivity (Wildman–Crippen MR) is 109 cm³/mol. The molecule has 0 radical (unpaired) electrons. The zero-order valence-electron chi connectivity index (χ0n) is 16.1. The Morgan fingerprint density at radius 1 is 1.00 bits per heavy atom. The van der Waals surface area contributed by atoms with Gasteiger partial charge in [-0.2, -0.15) is 0 Å². The van der Waals surface area contributed by atoms with Crippen molar-refractivity contribution in [2.45, 2.75) is 19.6 Å². The second-order valence-electron chi connectivity index (χ2n) is 6.60. The molecule has 8 heteroatoms. The van der Waals surface area contributed by atoms with Gasteiger partial charge in [-0.25, -0.2) is 4.79 Å². The lowest BCUT2D eigenvalue weighted by Gasteiger charge is -2.06. The highest BCUT2D eigenvalue weighted by Gasteiger charge is 2.04. The second-order valence-corrected chi connectivity index (χ2v) is 6.60. The van der Waals surface area contributed by atoms with E-state index in [1.165, 1.54) is 6.07 Å². The number of carbonyl (C=O) groups excluding carboxylic acids is 1. The van der Waals surface area contributed by atoms with Crippen molar-refractivity contribution in [3.63, 3.8) is 0 Å². The molecule has 2 aromatic heterocycles. The molecule has 0 atom stereocenters. The number of rotatable bonds is 9. The van der Waals surface area contributed by atoms with Gasteiger partial charge in [0.15, 0.2) is 0 Å². The Kier molecular flexibility index (Phi) is 5.84. The quantitative estimate of drug-likeness (QED) is 0.240. The molecule has 0 unspecified atom stereocenters. The van der Waals surface area contributed by atoms with Crippen LogP contribution in [0.1, 0.15) is 22.5 Å². The zero-order chi connectivity index (χ0) is 20.8. The summed E-state index contributed by atoms with van der Waals surface area (Å²) in [4.78, 5) is 22.0. The molecule has 2 aromatic carbocycles. The third-order valence-corrected chi connectivity index (χ3v) is 4.38. The van der Waals surface area contributed by atoms with Crippen molar-refractivity contribution in [3.05, 3.63) is 82.5 Å². The van der Waals surface area contributed by atoms with E-state index in [0.717, 1.165) is 18.1 Å². The maximum Gasteiger partial charge on any atom is 0.336 e. The fourth-order valence-corrected chi connectivity index (χ4v) is 2.86. The van der Waals surface area contributed by atoms with Crippen molar-refractivity contribution in [2.75, 3.05) is 6.61 Å². The number of aldehydes is 1. The highest BCUT2D eigenvalue weighted by Crippen LogP contribution is 2.19. The smallest absolute Gasteiger partial charge is 0.336 e. The molecule has 2 heterocycles. The van der Waals surface area contributed by atoms with E-state index in [1.54, 1.807) is 41.1 Å². The summed E-state index contributed by atoms with van der Waals surface area (Å²) in [6, 6.07) is 15.4. The minimum absolute atomic E-state index is 0.291. The Labute approximate surface area is 171 Å². The monoisotopic (exact) mass is 405 g/mol. The highest BCUT2D eigenvalue weighted by atomic mass is 16.5. The van der Waals surface area contributed by atoms with Gasteiger partial charge in [0, 0.05) is 36.0 Å². The van der Waals surface area contributed by atoms with Gasteiger partial charge < -0.3 is 13.9 Å². The van der Waals surface area contributed by atoms with Crippen molar-refractivity contribution in [2.24, 2.45) is 0 Å². The van der Waals surface area contributed by atoms with Gasteiger partial charge in [-0.05, 0) is 42.5 Å². The van der Waals surface area contributed by atoms with Crippen LogP contribution in [0.25, 0.3) is 11.0 Å². The van der Waals surface area contributed by atoms with Gasteiger partial charge in [-0.3, -0.25) is 9.48 Å². The number of nitrogens with zero attached hydrogens (tertiary/aromatic N) is 3. The normalized spacial score (nSPS) is 10.8. The minimum atomic E-state index is -0.386. The number of hydrogen-bond acceptors (Lipinski definition) is 7. The van der Waals surface area contributed by atoms with Crippen LogP contribution in [-0.4, -0.2) is 27.9 Å². The van der Waals surface area contributed by atoms with E-state index >= 15 is 0 Å². The van der Waals surface area contributed by atoms with Crippen molar-refractivity contribution < 1.29 is 18.7 Å². The van der Waals surface area contributed by atoms with Crippen LogP contribution >= 0.6 is 0 Å². The van der Waals surface area contributed by atoms with Crippen LogP contribution in [0.15, 0.2) is 70.0 Å². The first-order chi connectivity index (χ1) is 14.7. The van der Waals surface area contributed by atoms with Crippen LogP contribution in [0.4, 0.5) is 0 Å². The molecule has 0 N–H and O–H groups in total. The van der Waals surface area contributed by atoms with E-state index in [0.29, 0.717) is 48.1 Å². The zero-order valence-corrected chi connectivity index (χ0v) is 16.1. The van der Waals surface area contributed by atoms with Gasteiger partial charge in [0.25, 0.3) is 0 Å². The number of ether oxygens (including phenoxy) is 2. The van der Waals surface area contributed by atoms with Crippen molar-refractivity contribution in [1.82, 2.24) is 15.0 Å². The van der Waals surface area contributed by atoms with Gasteiger partial charge in [0.2, 0.25) is 0 Å². The molecule has 0 spiro atoms. The molecule has 0 saturated heterocycles. The molecule has 4 rings (SSSR count). The first-order valence-electron chi connectivity index (χ1n) is 9.43. The molecule has 0 aliphatic rings. The van der Waals surface area contributed by atoms with Gasteiger partial charge in [-0.1, -0.05) is 5.21 Å². The van der Waals surface area contributed by atoms with Crippen LogP contribution in [0.5, 0.6) is 11.5 Å². The molecule has 4 aromatic rings. The summed E-state index contributed by atoms with van der Waals surface area (Å²) in [7, 11) is 0. The Bertz CT molecular complexity index is 1200. The third-order valence-electron chi connectivity index (χ3n) is 4.38. The molecule has 0 aliphatic heterocycles. The predicted octanol–water partition coefficient (Wildman–Crippen LogP) is 3.25. The van der Waals surface area contributed by atoms with Gasteiger partial charge in [0.05, 0.1) is 12.8 Å². The molecular formula is C22H19N3O5. The van der Waals surface area contributed by atoms with E-state index in [-0.39, 0.29) is 5.63 Å². The molecule has 30 heavy (non-hydrogen) atoms. The Balaban J connectivity index is 1.23. The topological polar surface area (TPSA) is 96.5 Å². The van der Waals surface area contributed by atoms with Crippen LogP contribution in [0, 0.1) is 0 Å². The van der Waals surface area contributed by atoms with E-state index < -0.39 is 0 Å². The van der Waals surface area contributed by atoms with E-state index in [9.17, 15) is 9.59 Å². The van der Waals surface area contributed by atoms with Gasteiger partial charge in [0.1, 0.15) is 35.7 Å². The molecule has 0 saturated carbocycles. The lowest BCUT2D eigenvalue weighted by atomic mass is 10.2. The maximum atomic E-state index is 11.3. The van der Waals surface area contributed by atoms with E-state index in [2.05, 4.69) is 10.3 Å². The summed E-state index contributed by atoms with van der Waals surface area (Å²) < 4.78 is 18.3. The molecule has 0 bridgehead atoms. The molecule has 152 valence electrons. The Morgan fingerprint density at radius 2 is 1.80 bits per heavy atom. The van der Waals surface area contributed by atoms with Crippen molar-refractivity contribution in [1.29, 1.82) is 0 Å². The van der Waals surface area contributed by atoms with Gasteiger partial charge in [-0.15, -0.1) is 5.10 Å². The fourth-order valence-electron chi connectivity index (χ4n) is 2.86. The molecule has 0 amide bonds. The summed E-state index contributed by atoms with van der Waals surface area (Å²) in [5.41, 5.74) is 1.43. The first kappa shape index (κ1) is 19.4. The molecule has 8 nitrogen and oxygen atoms in total. The summed E-state index contributed by atoms with van der Waals surface area (Å²) in [6.45, 7) is 1.42. The van der Waals surface area contributed by atoms with Crippen LogP contribution in [-0.2, 0) is 13.2 Å². The lowest BCUT2D eigenvalue weighted by molar-refractivity contribution is 0.112. The number of aryl methyl sites for hydroxylation is 1. The summed E-state index contributed by atoms with van der Waals surface area (Å²) in [6.07, 6.45) is 3.34. The fraction of sp³-hybridized carbons (Fsp3) is 0.182. The van der Waals surface area contributed by atoms with Gasteiger partial charge >= 0.3 is 5.63 Å². The molecule has 0 aliphatic carbocycles. The first-order valence-corrected chi connectivity index (χ1v) is 9.43. The molecule has 0 fully saturated rings. The largest absolute Gasteiger partial charge is 0.493 e. The standard InChI is InChI=1S/C22H19N3O5/c26-14-16-2-6-19(7-3-16)29-15-18-13-25(24-23-18)10-1-11-28-20-8-4-17-5-9-22(27)30-21(17)12-20/h2-9,12-14H,1,10-11,15H2. The minimum Gasteiger partial charge on any atom is -0.493 e. The number of carbonyl (C=O) groups is 1. The third kappa shape index (κ3) is 4.91. The lowest BCUT2D eigenvalue weighted by Crippen LogP contribution is -2.05. The maximum absolute atomic E-state index is 11.3. The number of fused-ring (bicyclic) bond motifs is 1. The Morgan fingerprint density at radius 3 is 2.63 bits per heavy atom. The van der Waals surface area contributed by atoms with Crippen LogP contribution < -0.4 is 15.1 Å². The highest BCUT2D eigenvalue weighted by molar-refractivity contribution is 5.77. The SMILES string of the molecule is O=Cc1ccc(OCc2cn(CCCOc3ccc4ccc(=O)oc4c3)nn2)cc1. The molecular weight excluding hydrogens is 386 g/mol. The van der Waals surface area contributed by atoms with E-state index in [1.807, 2.05) is 18.3 Å². The van der Waals surface area contributed by atoms with Crippen LogP contribution in [0.3, 0.4) is 0 Å². The van der Waals surface area contributed by atoms with Crippen molar-refractivity contribution in [3.8, 4) is 11.5 Å². The summed E-state index contributed by atoms with van der Waals surface area (Å²) in [5, 5.41) is 9.03. The number of aromatic nitrogens is 3. The summed E-state index contributed by atoms with van der Waals surface area (Å²) in [5.74, 6) is 1.31. The second kappa shape index (κ2) is 9.04.